The lowest BCUT2D eigenvalue weighted by Crippen LogP contribution is -2.31. The molecule has 2 rings (SSSR count). The lowest BCUT2D eigenvalue weighted by atomic mass is 9.79. The van der Waals surface area contributed by atoms with Crippen LogP contribution in [0.15, 0.2) is 42.5 Å². The lowest BCUT2D eigenvalue weighted by Gasteiger charge is -2.20. The fourth-order valence-electron chi connectivity index (χ4n) is 2.13. The Morgan fingerprint density at radius 1 is 1.19 bits per heavy atom. The smallest absolute Gasteiger partial charge is 0.488 e. The van der Waals surface area contributed by atoms with E-state index in [1.165, 1.54) is 6.07 Å². The molecule has 0 saturated heterocycles. The first-order chi connectivity index (χ1) is 9.99. The summed E-state index contributed by atoms with van der Waals surface area (Å²) in [6.45, 7) is 0.435. The Balaban J connectivity index is 2.20. The van der Waals surface area contributed by atoms with E-state index in [0.717, 1.165) is 17.5 Å². The Morgan fingerprint density at radius 3 is 2.62 bits per heavy atom. The van der Waals surface area contributed by atoms with Gasteiger partial charge < -0.3 is 19.7 Å². The molecule has 0 spiro atoms. The molecule has 4 nitrogen and oxygen atoms in total. The van der Waals surface area contributed by atoms with Gasteiger partial charge in [0.25, 0.3) is 0 Å². The van der Waals surface area contributed by atoms with E-state index in [2.05, 4.69) is 0 Å². The highest BCUT2D eigenvalue weighted by molar-refractivity contribution is 6.58. The highest BCUT2D eigenvalue weighted by atomic mass is 19.1. The van der Waals surface area contributed by atoms with Crippen LogP contribution in [-0.4, -0.2) is 31.3 Å². The Kier molecular flexibility index (Phi) is 4.83. The number of benzene rings is 2. The summed E-state index contributed by atoms with van der Waals surface area (Å²) in [5, 5.41) is 18.3. The van der Waals surface area contributed by atoms with E-state index >= 15 is 0 Å². The topological polar surface area (TPSA) is 52.9 Å². The quantitative estimate of drug-likeness (QED) is 0.811. The fourth-order valence-corrected chi connectivity index (χ4v) is 2.13. The third-order valence-electron chi connectivity index (χ3n) is 3.19. The molecule has 0 saturated carbocycles. The van der Waals surface area contributed by atoms with Gasteiger partial charge in [0, 0.05) is 25.3 Å². The van der Waals surface area contributed by atoms with Crippen molar-refractivity contribution < 1.29 is 19.2 Å². The zero-order chi connectivity index (χ0) is 15.4. The number of methoxy groups -OCH3 is 1. The first-order valence-electron chi connectivity index (χ1n) is 6.50. The number of anilines is 1. The van der Waals surface area contributed by atoms with Gasteiger partial charge in [-0.1, -0.05) is 12.1 Å². The van der Waals surface area contributed by atoms with E-state index in [9.17, 15) is 4.39 Å². The van der Waals surface area contributed by atoms with Crippen LogP contribution in [0, 0.1) is 5.82 Å². The van der Waals surface area contributed by atoms with Crippen LogP contribution in [0.1, 0.15) is 5.56 Å². The molecule has 0 aliphatic rings. The number of halogens is 1. The summed E-state index contributed by atoms with van der Waals surface area (Å²) < 4.78 is 18.7. The molecule has 0 unspecified atom stereocenters. The predicted molar refractivity (Wildman–Crippen MR) is 81.3 cm³/mol. The summed E-state index contributed by atoms with van der Waals surface area (Å²) in [6.07, 6.45) is 0. The van der Waals surface area contributed by atoms with E-state index < -0.39 is 12.9 Å². The van der Waals surface area contributed by atoms with Crippen LogP contribution in [0.3, 0.4) is 0 Å². The van der Waals surface area contributed by atoms with Gasteiger partial charge in [-0.05, 0) is 35.3 Å². The van der Waals surface area contributed by atoms with Gasteiger partial charge >= 0.3 is 7.12 Å². The molecule has 6 heteroatoms. The minimum absolute atomic E-state index is 0.143. The average Bonchev–Trinajstić information content (AvgIpc) is 2.46. The molecule has 2 aromatic carbocycles. The van der Waals surface area contributed by atoms with Gasteiger partial charge in [-0.25, -0.2) is 4.39 Å². The van der Waals surface area contributed by atoms with E-state index in [4.69, 9.17) is 14.8 Å². The third kappa shape index (κ3) is 3.96. The van der Waals surface area contributed by atoms with Crippen molar-refractivity contribution in [3.63, 3.8) is 0 Å². The second-order valence-electron chi connectivity index (χ2n) is 4.82. The van der Waals surface area contributed by atoms with Crippen LogP contribution in [0.25, 0.3) is 0 Å². The Labute approximate surface area is 123 Å². The van der Waals surface area contributed by atoms with Crippen molar-refractivity contribution in [2.75, 3.05) is 19.1 Å². The first kappa shape index (κ1) is 15.3. The second kappa shape index (κ2) is 6.60. The maximum absolute atomic E-state index is 13.5. The first-order valence-corrected chi connectivity index (χ1v) is 6.50. The molecule has 0 heterocycles. The van der Waals surface area contributed by atoms with Gasteiger partial charge in [-0.3, -0.25) is 0 Å². The molecule has 0 fully saturated rings. The molecule has 2 N–H and O–H groups in total. The summed E-state index contributed by atoms with van der Waals surface area (Å²) in [4.78, 5) is 1.92. The third-order valence-corrected chi connectivity index (χ3v) is 3.19. The molecule has 0 aliphatic carbocycles. The van der Waals surface area contributed by atoms with Gasteiger partial charge in [0.05, 0.1) is 7.11 Å². The number of nitrogens with zero attached hydrogens (tertiary/aromatic N) is 1. The van der Waals surface area contributed by atoms with Crippen LogP contribution in [0.5, 0.6) is 5.75 Å². The van der Waals surface area contributed by atoms with Gasteiger partial charge in [0.1, 0.15) is 11.6 Å². The second-order valence-corrected chi connectivity index (χ2v) is 4.82. The average molecular weight is 289 g/mol. The molecule has 110 valence electrons. The summed E-state index contributed by atoms with van der Waals surface area (Å²) in [7, 11) is 1.79. The zero-order valence-corrected chi connectivity index (χ0v) is 12.0. The molecule has 0 atom stereocenters. The molecule has 0 aliphatic heterocycles. The molecular formula is C15H17BFNO3. The lowest BCUT2D eigenvalue weighted by molar-refractivity contribution is 0.415. The summed E-state index contributed by atoms with van der Waals surface area (Å²) in [6, 6.07) is 11.6. The van der Waals surface area contributed by atoms with Gasteiger partial charge in [0.2, 0.25) is 0 Å². The molecular weight excluding hydrogens is 272 g/mol. The van der Waals surface area contributed by atoms with Crippen LogP contribution in [0.2, 0.25) is 0 Å². The summed E-state index contributed by atoms with van der Waals surface area (Å²) in [5.74, 6) is 0.250. The Morgan fingerprint density at radius 2 is 1.95 bits per heavy atom. The van der Waals surface area contributed by atoms with Crippen LogP contribution >= 0.6 is 0 Å². The van der Waals surface area contributed by atoms with Crippen LogP contribution in [0.4, 0.5) is 10.1 Å². The number of ether oxygens (including phenoxy) is 1. The minimum Gasteiger partial charge on any atom is -0.497 e. The van der Waals surface area contributed by atoms with E-state index in [1.807, 2.05) is 36.2 Å². The highest BCUT2D eigenvalue weighted by Gasteiger charge is 2.14. The fraction of sp³-hybridized carbons (Fsp3) is 0.200. The van der Waals surface area contributed by atoms with Crippen molar-refractivity contribution in [1.82, 2.24) is 0 Å². The number of hydrogen-bond acceptors (Lipinski definition) is 4. The van der Waals surface area contributed by atoms with Gasteiger partial charge in [0.15, 0.2) is 0 Å². The van der Waals surface area contributed by atoms with Gasteiger partial charge in [-0.15, -0.1) is 0 Å². The molecule has 21 heavy (non-hydrogen) atoms. The van der Waals surface area contributed by atoms with Crippen LogP contribution in [-0.2, 0) is 6.54 Å². The maximum atomic E-state index is 13.5. The van der Waals surface area contributed by atoms with E-state index in [-0.39, 0.29) is 5.46 Å². The molecule has 2 aromatic rings. The van der Waals surface area contributed by atoms with Crippen molar-refractivity contribution >= 4 is 18.3 Å². The summed E-state index contributed by atoms with van der Waals surface area (Å²) >= 11 is 0. The largest absolute Gasteiger partial charge is 0.497 e. The molecule has 0 radical (unpaired) electrons. The van der Waals surface area contributed by atoms with Crippen molar-refractivity contribution in [3.8, 4) is 5.75 Å². The monoisotopic (exact) mass is 289 g/mol. The van der Waals surface area contributed by atoms with Crippen molar-refractivity contribution in [2.24, 2.45) is 0 Å². The van der Waals surface area contributed by atoms with Crippen molar-refractivity contribution in [3.05, 3.63) is 53.8 Å². The maximum Gasteiger partial charge on any atom is 0.488 e. The SMILES string of the molecule is COc1cccc(N(C)Cc2cc(F)cc(B(O)O)c2)c1. The Hall–Kier alpha value is -2.05. The molecule has 0 aromatic heterocycles. The van der Waals surface area contributed by atoms with Gasteiger partial charge in [-0.2, -0.15) is 0 Å². The normalized spacial score (nSPS) is 10.3. The minimum atomic E-state index is -1.68. The number of rotatable bonds is 5. The molecule has 0 amide bonds. The van der Waals surface area contributed by atoms with Crippen molar-refractivity contribution in [2.45, 2.75) is 6.54 Å². The van der Waals surface area contributed by atoms with Crippen LogP contribution < -0.4 is 15.1 Å². The summed E-state index contributed by atoms with van der Waals surface area (Å²) in [5.41, 5.74) is 1.72. The van der Waals surface area contributed by atoms with Crippen molar-refractivity contribution in [1.29, 1.82) is 0 Å². The number of hydrogen-bond donors (Lipinski definition) is 2. The predicted octanol–water partition coefficient (Wildman–Crippen LogP) is 1.15. The zero-order valence-electron chi connectivity index (χ0n) is 12.0. The van der Waals surface area contributed by atoms with E-state index in [0.29, 0.717) is 12.1 Å². The standard InChI is InChI=1S/C15H17BFNO3/c1-18(14-4-3-5-15(9-14)21-2)10-11-6-12(16(19)20)8-13(17)7-11/h3-9,19-20H,10H2,1-2H3. The molecule has 0 bridgehead atoms. The Bertz CT molecular complexity index is 622. The highest BCUT2D eigenvalue weighted by Crippen LogP contribution is 2.21. The van der Waals surface area contributed by atoms with E-state index in [1.54, 1.807) is 13.2 Å².